The normalized spacial score (nSPS) is 12.5. The number of nitrogens with one attached hydrogen (secondary N) is 1. The predicted molar refractivity (Wildman–Crippen MR) is 67.3 cm³/mol. The summed E-state index contributed by atoms with van der Waals surface area (Å²) in [6.45, 7) is 6.03. The maximum absolute atomic E-state index is 11.3. The fraction of sp³-hybridized carbons (Fsp3) is 0.455. The van der Waals surface area contributed by atoms with Crippen molar-refractivity contribution in [1.29, 1.82) is 0 Å². The van der Waals surface area contributed by atoms with Gasteiger partial charge in [0.05, 0.1) is 16.3 Å². The highest BCUT2D eigenvalue weighted by Crippen LogP contribution is 2.25. The summed E-state index contributed by atoms with van der Waals surface area (Å²) in [5, 5.41) is 3.21. The SMILES string of the molecule is CC(C)(C)Nc1ccc(S(C)(=O)=O)cc1N. The Morgan fingerprint density at radius 3 is 2.19 bits per heavy atom. The summed E-state index contributed by atoms with van der Waals surface area (Å²) in [4.78, 5) is 0.240. The molecular formula is C11H18N2O2S. The van der Waals surface area contributed by atoms with Crippen LogP contribution >= 0.6 is 0 Å². The quantitative estimate of drug-likeness (QED) is 0.777. The molecule has 0 bridgehead atoms. The van der Waals surface area contributed by atoms with E-state index >= 15 is 0 Å². The Labute approximate surface area is 96.8 Å². The molecule has 1 rings (SSSR count). The van der Waals surface area contributed by atoms with E-state index in [1.165, 1.54) is 12.3 Å². The van der Waals surface area contributed by atoms with Gasteiger partial charge in [-0.15, -0.1) is 0 Å². The molecule has 3 N–H and O–H groups in total. The lowest BCUT2D eigenvalue weighted by Gasteiger charge is -2.23. The van der Waals surface area contributed by atoms with Gasteiger partial charge in [0, 0.05) is 11.8 Å². The maximum atomic E-state index is 11.3. The fourth-order valence-electron chi connectivity index (χ4n) is 1.29. The lowest BCUT2D eigenvalue weighted by atomic mass is 10.1. The van der Waals surface area contributed by atoms with Crippen molar-refractivity contribution >= 4 is 21.2 Å². The molecule has 0 aliphatic heterocycles. The van der Waals surface area contributed by atoms with Gasteiger partial charge in [-0.25, -0.2) is 8.42 Å². The van der Waals surface area contributed by atoms with Gasteiger partial charge in [0.15, 0.2) is 9.84 Å². The first kappa shape index (κ1) is 12.8. The molecule has 1 aromatic carbocycles. The third-order valence-electron chi connectivity index (χ3n) is 1.96. The van der Waals surface area contributed by atoms with Gasteiger partial charge in [-0.05, 0) is 39.0 Å². The molecule has 0 amide bonds. The number of nitrogens with two attached hydrogens (primary N) is 1. The third kappa shape index (κ3) is 3.41. The number of benzene rings is 1. The van der Waals surface area contributed by atoms with Gasteiger partial charge in [0.25, 0.3) is 0 Å². The molecule has 0 saturated carbocycles. The molecular weight excluding hydrogens is 224 g/mol. The monoisotopic (exact) mass is 242 g/mol. The highest BCUT2D eigenvalue weighted by atomic mass is 32.2. The lowest BCUT2D eigenvalue weighted by molar-refractivity contribution is 0.602. The van der Waals surface area contributed by atoms with Crippen LogP contribution in [0.15, 0.2) is 23.1 Å². The second-order valence-corrected chi connectivity index (χ2v) is 6.91. The van der Waals surface area contributed by atoms with Gasteiger partial charge in [0.2, 0.25) is 0 Å². The number of anilines is 2. The minimum Gasteiger partial charge on any atom is -0.397 e. The van der Waals surface area contributed by atoms with Crippen LogP contribution in [0.2, 0.25) is 0 Å². The number of hydrogen-bond donors (Lipinski definition) is 2. The molecule has 5 heteroatoms. The van der Waals surface area contributed by atoms with Crippen LogP contribution in [0, 0.1) is 0 Å². The van der Waals surface area contributed by atoms with Gasteiger partial charge < -0.3 is 11.1 Å². The van der Waals surface area contributed by atoms with E-state index in [1.807, 2.05) is 20.8 Å². The van der Waals surface area contributed by atoms with Crippen LogP contribution in [-0.4, -0.2) is 20.2 Å². The second kappa shape index (κ2) is 3.97. The molecule has 0 spiro atoms. The Bertz CT molecular complexity index is 487. The summed E-state index contributed by atoms with van der Waals surface area (Å²) < 4.78 is 22.6. The van der Waals surface area contributed by atoms with Crippen LogP contribution in [0.4, 0.5) is 11.4 Å². The van der Waals surface area contributed by atoms with Crippen LogP contribution in [-0.2, 0) is 9.84 Å². The van der Waals surface area contributed by atoms with E-state index in [4.69, 9.17) is 5.73 Å². The molecule has 0 heterocycles. The summed E-state index contributed by atoms with van der Waals surface area (Å²) >= 11 is 0. The first-order chi connectivity index (χ1) is 7.09. The highest BCUT2D eigenvalue weighted by molar-refractivity contribution is 7.90. The Hall–Kier alpha value is -1.23. The Kier molecular flexibility index (Phi) is 3.19. The van der Waals surface area contributed by atoms with Crippen molar-refractivity contribution in [3.05, 3.63) is 18.2 Å². The average Bonchev–Trinajstić information content (AvgIpc) is 2.04. The number of nitrogen functional groups attached to an aromatic ring is 1. The number of sulfone groups is 1. The summed E-state index contributed by atoms with van der Waals surface area (Å²) in [7, 11) is -3.19. The molecule has 1 aromatic rings. The zero-order valence-corrected chi connectivity index (χ0v) is 10.9. The standard InChI is InChI=1S/C11H18N2O2S/c1-11(2,3)13-10-6-5-8(7-9(10)12)16(4,14)15/h5-7,13H,12H2,1-4H3. The third-order valence-corrected chi connectivity index (χ3v) is 3.07. The largest absolute Gasteiger partial charge is 0.397 e. The summed E-state index contributed by atoms with van der Waals surface area (Å²) in [5.74, 6) is 0. The minimum atomic E-state index is -3.19. The van der Waals surface area contributed by atoms with E-state index in [9.17, 15) is 8.42 Å². The van der Waals surface area contributed by atoms with Gasteiger partial charge in [-0.2, -0.15) is 0 Å². The van der Waals surface area contributed by atoms with E-state index in [2.05, 4.69) is 5.32 Å². The number of hydrogen-bond acceptors (Lipinski definition) is 4. The van der Waals surface area contributed by atoms with E-state index in [0.29, 0.717) is 5.69 Å². The molecule has 0 saturated heterocycles. The first-order valence-electron chi connectivity index (χ1n) is 4.97. The van der Waals surface area contributed by atoms with E-state index < -0.39 is 9.84 Å². The van der Waals surface area contributed by atoms with Crippen LogP contribution in [0.1, 0.15) is 20.8 Å². The van der Waals surface area contributed by atoms with Gasteiger partial charge >= 0.3 is 0 Å². The Morgan fingerprint density at radius 2 is 1.81 bits per heavy atom. The van der Waals surface area contributed by atoms with Gasteiger partial charge in [-0.3, -0.25) is 0 Å². The molecule has 16 heavy (non-hydrogen) atoms. The zero-order chi connectivity index (χ0) is 12.6. The molecule has 0 radical (unpaired) electrons. The van der Waals surface area contributed by atoms with Crippen molar-refractivity contribution in [3.8, 4) is 0 Å². The van der Waals surface area contributed by atoms with Crippen molar-refractivity contribution in [2.75, 3.05) is 17.3 Å². The molecule has 0 aromatic heterocycles. The zero-order valence-electron chi connectivity index (χ0n) is 10.0. The van der Waals surface area contributed by atoms with Crippen molar-refractivity contribution in [2.45, 2.75) is 31.2 Å². The van der Waals surface area contributed by atoms with Crippen LogP contribution < -0.4 is 11.1 Å². The summed E-state index contributed by atoms with van der Waals surface area (Å²) in [5.41, 5.74) is 6.88. The van der Waals surface area contributed by atoms with Crippen molar-refractivity contribution in [2.24, 2.45) is 0 Å². The average molecular weight is 242 g/mol. The lowest BCUT2D eigenvalue weighted by Crippen LogP contribution is -2.26. The van der Waals surface area contributed by atoms with Crippen LogP contribution in [0.25, 0.3) is 0 Å². The molecule has 0 aliphatic carbocycles. The topological polar surface area (TPSA) is 72.2 Å². The minimum absolute atomic E-state index is 0.110. The molecule has 0 fully saturated rings. The summed E-state index contributed by atoms with van der Waals surface area (Å²) in [6.07, 6.45) is 1.17. The van der Waals surface area contributed by atoms with Gasteiger partial charge in [-0.1, -0.05) is 0 Å². The molecule has 0 aliphatic rings. The van der Waals surface area contributed by atoms with E-state index in [-0.39, 0.29) is 10.4 Å². The summed E-state index contributed by atoms with van der Waals surface area (Å²) in [6, 6.07) is 4.72. The highest BCUT2D eigenvalue weighted by Gasteiger charge is 2.13. The van der Waals surface area contributed by atoms with Crippen molar-refractivity contribution < 1.29 is 8.42 Å². The predicted octanol–water partition coefficient (Wildman–Crippen LogP) is 1.88. The Balaban J connectivity index is 3.11. The molecule has 0 unspecified atom stereocenters. The molecule has 4 nitrogen and oxygen atoms in total. The van der Waals surface area contributed by atoms with Crippen LogP contribution in [0.3, 0.4) is 0 Å². The van der Waals surface area contributed by atoms with E-state index in [0.717, 1.165) is 5.69 Å². The second-order valence-electron chi connectivity index (χ2n) is 4.90. The molecule has 0 atom stereocenters. The smallest absolute Gasteiger partial charge is 0.175 e. The van der Waals surface area contributed by atoms with Gasteiger partial charge in [0.1, 0.15) is 0 Å². The van der Waals surface area contributed by atoms with Crippen molar-refractivity contribution in [1.82, 2.24) is 0 Å². The number of rotatable bonds is 2. The Morgan fingerprint density at radius 1 is 1.25 bits per heavy atom. The maximum Gasteiger partial charge on any atom is 0.175 e. The van der Waals surface area contributed by atoms with E-state index in [1.54, 1.807) is 12.1 Å². The van der Waals surface area contributed by atoms with Crippen molar-refractivity contribution in [3.63, 3.8) is 0 Å². The molecule has 90 valence electrons. The van der Waals surface area contributed by atoms with Crippen LogP contribution in [0.5, 0.6) is 0 Å². The first-order valence-corrected chi connectivity index (χ1v) is 6.86. The fourth-order valence-corrected chi connectivity index (χ4v) is 1.95.